The Morgan fingerprint density at radius 2 is 1.48 bits per heavy atom. The lowest BCUT2D eigenvalue weighted by molar-refractivity contribution is -0.128. The molecule has 0 bridgehead atoms. The van der Waals surface area contributed by atoms with Crippen molar-refractivity contribution in [3.8, 4) is 0 Å². The van der Waals surface area contributed by atoms with Gasteiger partial charge in [0.05, 0.1) is 0 Å². The summed E-state index contributed by atoms with van der Waals surface area (Å²) in [6.07, 6.45) is 0.193. The standard InChI is InChI=1S/C18H28N4O3/c1-12(2)20-17(25)22-14-8-6-13(7-9-14)21-15(23)10-11-19-16(24)18(3,4)5/h6-9,12H,10-11H2,1-5H3,(H,19,24)(H,21,23)(H2,20,22,25). The summed E-state index contributed by atoms with van der Waals surface area (Å²) in [5, 5.41) is 10.9. The van der Waals surface area contributed by atoms with Crippen LogP contribution in [0.3, 0.4) is 0 Å². The van der Waals surface area contributed by atoms with Gasteiger partial charge in [-0.15, -0.1) is 0 Å². The lowest BCUT2D eigenvalue weighted by Gasteiger charge is -2.17. The molecule has 0 saturated heterocycles. The number of carbonyl (C=O) groups is 3. The van der Waals surface area contributed by atoms with E-state index >= 15 is 0 Å². The Kier molecular flexibility index (Phi) is 7.42. The van der Waals surface area contributed by atoms with E-state index < -0.39 is 5.41 Å². The molecule has 1 aromatic rings. The van der Waals surface area contributed by atoms with Crippen LogP contribution in [0.2, 0.25) is 0 Å². The Hall–Kier alpha value is -2.57. The van der Waals surface area contributed by atoms with Crippen LogP contribution in [0.25, 0.3) is 0 Å². The predicted molar refractivity (Wildman–Crippen MR) is 99.4 cm³/mol. The fourth-order valence-electron chi connectivity index (χ4n) is 1.84. The summed E-state index contributed by atoms with van der Waals surface area (Å²) in [4.78, 5) is 35.2. The zero-order valence-corrected chi connectivity index (χ0v) is 15.5. The minimum absolute atomic E-state index is 0.0531. The van der Waals surface area contributed by atoms with E-state index in [-0.39, 0.29) is 36.9 Å². The molecule has 0 atom stereocenters. The van der Waals surface area contributed by atoms with E-state index in [4.69, 9.17) is 0 Å². The first-order valence-electron chi connectivity index (χ1n) is 8.33. The van der Waals surface area contributed by atoms with Crippen LogP contribution in [-0.2, 0) is 9.59 Å². The monoisotopic (exact) mass is 348 g/mol. The van der Waals surface area contributed by atoms with Crippen molar-refractivity contribution < 1.29 is 14.4 Å². The summed E-state index contributed by atoms with van der Waals surface area (Å²) in [6, 6.07) is 6.60. The quantitative estimate of drug-likeness (QED) is 0.636. The van der Waals surface area contributed by atoms with Gasteiger partial charge in [0.2, 0.25) is 11.8 Å². The topological polar surface area (TPSA) is 99.3 Å². The van der Waals surface area contributed by atoms with Gasteiger partial charge in [-0.3, -0.25) is 9.59 Å². The average molecular weight is 348 g/mol. The molecule has 0 aliphatic carbocycles. The number of hydrogen-bond donors (Lipinski definition) is 4. The molecule has 1 rings (SSSR count). The van der Waals surface area contributed by atoms with E-state index in [9.17, 15) is 14.4 Å². The number of benzene rings is 1. The normalized spacial score (nSPS) is 11.0. The highest BCUT2D eigenvalue weighted by Crippen LogP contribution is 2.14. The smallest absolute Gasteiger partial charge is 0.319 e. The second-order valence-electron chi connectivity index (χ2n) is 7.13. The van der Waals surface area contributed by atoms with Gasteiger partial charge in [0, 0.05) is 35.8 Å². The molecule has 0 heterocycles. The maximum absolute atomic E-state index is 11.9. The summed E-state index contributed by atoms with van der Waals surface area (Å²) < 4.78 is 0. The van der Waals surface area contributed by atoms with Gasteiger partial charge >= 0.3 is 6.03 Å². The highest BCUT2D eigenvalue weighted by atomic mass is 16.2. The van der Waals surface area contributed by atoms with E-state index in [0.29, 0.717) is 11.4 Å². The Morgan fingerprint density at radius 1 is 0.960 bits per heavy atom. The summed E-state index contributed by atoms with van der Waals surface area (Å²) in [6.45, 7) is 9.50. The van der Waals surface area contributed by atoms with Crippen molar-refractivity contribution in [2.75, 3.05) is 17.2 Å². The van der Waals surface area contributed by atoms with Gasteiger partial charge in [-0.05, 0) is 38.1 Å². The van der Waals surface area contributed by atoms with E-state index in [1.165, 1.54) is 0 Å². The van der Waals surface area contributed by atoms with Crippen LogP contribution in [0.5, 0.6) is 0 Å². The first-order chi connectivity index (χ1) is 11.6. The van der Waals surface area contributed by atoms with Gasteiger partial charge < -0.3 is 21.3 Å². The molecule has 25 heavy (non-hydrogen) atoms. The molecule has 0 unspecified atom stereocenters. The molecular formula is C18H28N4O3. The van der Waals surface area contributed by atoms with Crippen LogP contribution in [0.4, 0.5) is 16.2 Å². The first kappa shape index (κ1) is 20.5. The molecule has 0 radical (unpaired) electrons. The van der Waals surface area contributed by atoms with Crippen molar-refractivity contribution in [3.05, 3.63) is 24.3 Å². The third kappa shape index (κ3) is 8.19. The van der Waals surface area contributed by atoms with Crippen LogP contribution in [-0.4, -0.2) is 30.4 Å². The summed E-state index contributed by atoms with van der Waals surface area (Å²) in [5.41, 5.74) is 0.789. The van der Waals surface area contributed by atoms with Gasteiger partial charge in [-0.2, -0.15) is 0 Å². The first-order valence-corrected chi connectivity index (χ1v) is 8.33. The lowest BCUT2D eigenvalue weighted by Crippen LogP contribution is -2.36. The highest BCUT2D eigenvalue weighted by Gasteiger charge is 2.20. The molecule has 1 aromatic carbocycles. The Bertz CT molecular complexity index is 604. The molecule has 0 aliphatic heterocycles. The molecule has 0 spiro atoms. The Balaban J connectivity index is 2.40. The second kappa shape index (κ2) is 9.05. The molecule has 0 saturated carbocycles. The van der Waals surface area contributed by atoms with Crippen molar-refractivity contribution in [2.45, 2.75) is 47.1 Å². The molecule has 4 amide bonds. The third-order valence-electron chi connectivity index (χ3n) is 3.17. The van der Waals surface area contributed by atoms with Crippen molar-refractivity contribution in [2.24, 2.45) is 5.41 Å². The third-order valence-corrected chi connectivity index (χ3v) is 3.17. The zero-order valence-electron chi connectivity index (χ0n) is 15.5. The summed E-state index contributed by atoms with van der Waals surface area (Å²) in [5.74, 6) is -0.275. The molecule has 0 fully saturated rings. The fraction of sp³-hybridized carbons (Fsp3) is 0.500. The molecule has 4 N–H and O–H groups in total. The Labute approximate surface area is 148 Å². The minimum Gasteiger partial charge on any atom is -0.355 e. The van der Waals surface area contributed by atoms with Crippen LogP contribution in [0, 0.1) is 5.41 Å². The highest BCUT2D eigenvalue weighted by molar-refractivity contribution is 5.92. The van der Waals surface area contributed by atoms with Crippen molar-refractivity contribution in [1.29, 1.82) is 0 Å². The number of nitrogens with one attached hydrogen (secondary N) is 4. The number of urea groups is 1. The molecule has 7 heteroatoms. The van der Waals surface area contributed by atoms with Crippen LogP contribution in [0.1, 0.15) is 41.0 Å². The van der Waals surface area contributed by atoms with E-state index in [1.807, 2.05) is 34.6 Å². The Morgan fingerprint density at radius 3 is 1.96 bits per heavy atom. The molecule has 7 nitrogen and oxygen atoms in total. The minimum atomic E-state index is -0.471. The van der Waals surface area contributed by atoms with Gasteiger partial charge in [-0.25, -0.2) is 4.79 Å². The maximum Gasteiger partial charge on any atom is 0.319 e. The number of amides is 4. The van der Waals surface area contributed by atoms with Crippen LogP contribution in [0.15, 0.2) is 24.3 Å². The van der Waals surface area contributed by atoms with Crippen LogP contribution >= 0.6 is 0 Å². The largest absolute Gasteiger partial charge is 0.355 e. The van der Waals surface area contributed by atoms with E-state index in [0.717, 1.165) is 0 Å². The van der Waals surface area contributed by atoms with Gasteiger partial charge in [-0.1, -0.05) is 20.8 Å². The van der Waals surface area contributed by atoms with Crippen LogP contribution < -0.4 is 21.3 Å². The van der Waals surface area contributed by atoms with Crippen molar-refractivity contribution in [1.82, 2.24) is 10.6 Å². The zero-order chi connectivity index (χ0) is 19.0. The molecule has 138 valence electrons. The predicted octanol–water partition coefficient (Wildman–Crippen LogP) is 2.71. The molecule has 0 aromatic heterocycles. The van der Waals surface area contributed by atoms with E-state index in [2.05, 4.69) is 21.3 Å². The number of carbonyl (C=O) groups excluding carboxylic acids is 3. The van der Waals surface area contributed by atoms with Gasteiger partial charge in [0.25, 0.3) is 0 Å². The van der Waals surface area contributed by atoms with E-state index in [1.54, 1.807) is 24.3 Å². The number of hydrogen-bond acceptors (Lipinski definition) is 3. The van der Waals surface area contributed by atoms with Gasteiger partial charge in [0.1, 0.15) is 0 Å². The second-order valence-corrected chi connectivity index (χ2v) is 7.13. The molecule has 0 aliphatic rings. The lowest BCUT2D eigenvalue weighted by atomic mass is 9.96. The average Bonchev–Trinajstić information content (AvgIpc) is 2.47. The number of anilines is 2. The maximum atomic E-state index is 11.9. The summed E-state index contributed by atoms with van der Waals surface area (Å²) in [7, 11) is 0. The number of rotatable bonds is 6. The SMILES string of the molecule is CC(C)NC(=O)Nc1ccc(NC(=O)CCNC(=O)C(C)(C)C)cc1. The van der Waals surface area contributed by atoms with Crippen molar-refractivity contribution >= 4 is 29.2 Å². The fourth-order valence-corrected chi connectivity index (χ4v) is 1.84. The van der Waals surface area contributed by atoms with Gasteiger partial charge in [0.15, 0.2) is 0 Å². The van der Waals surface area contributed by atoms with Crippen molar-refractivity contribution in [3.63, 3.8) is 0 Å². The molecular weight excluding hydrogens is 320 g/mol. The summed E-state index contributed by atoms with van der Waals surface area (Å²) >= 11 is 0.